The van der Waals surface area contributed by atoms with Crippen LogP contribution in [0.1, 0.15) is 39.2 Å². The van der Waals surface area contributed by atoms with Gasteiger partial charge in [0.05, 0.1) is 0 Å². The first-order chi connectivity index (χ1) is 9.09. The summed E-state index contributed by atoms with van der Waals surface area (Å²) in [5.41, 5.74) is 2.34. The Morgan fingerprint density at radius 2 is 2.21 bits per heavy atom. The molecule has 0 aliphatic heterocycles. The normalized spacial score (nSPS) is 25.1. The largest absolute Gasteiger partial charge is 0.326 e. The van der Waals surface area contributed by atoms with E-state index in [1.54, 1.807) is 0 Å². The molecule has 2 rings (SSSR count). The molecule has 1 aromatic rings. The van der Waals surface area contributed by atoms with Crippen LogP contribution in [0.15, 0.2) is 24.3 Å². The van der Waals surface area contributed by atoms with Crippen molar-refractivity contribution in [3.05, 3.63) is 29.8 Å². The molecule has 1 amide bonds. The van der Waals surface area contributed by atoms with Crippen LogP contribution in [-0.2, 0) is 11.3 Å². The van der Waals surface area contributed by atoms with Gasteiger partial charge in [-0.05, 0) is 42.5 Å². The van der Waals surface area contributed by atoms with Crippen molar-refractivity contribution in [2.24, 2.45) is 11.3 Å². The second-order valence-corrected chi connectivity index (χ2v) is 5.73. The van der Waals surface area contributed by atoms with E-state index in [4.69, 9.17) is 0 Å². The average Bonchev–Trinajstić information content (AvgIpc) is 3.10. The fraction of sp³-hybridized carbons (Fsp3) is 0.562. The Kier molecular flexibility index (Phi) is 4.25. The minimum absolute atomic E-state index is 0.171. The highest BCUT2D eigenvalue weighted by atomic mass is 16.2. The number of hydrogen-bond donors (Lipinski definition) is 2. The molecular formula is C16H24N2O. The monoisotopic (exact) mass is 260 g/mol. The summed E-state index contributed by atoms with van der Waals surface area (Å²) >= 11 is 0. The van der Waals surface area contributed by atoms with Crippen LogP contribution in [0.3, 0.4) is 0 Å². The maximum atomic E-state index is 12.1. The Bertz CT molecular complexity index is 458. The SMILES string of the molecule is CCNCc1cccc(NC(=O)C2CC2(C)CC)c1. The predicted octanol–water partition coefficient (Wildman–Crippen LogP) is 3.17. The van der Waals surface area contributed by atoms with Crippen molar-refractivity contribution in [1.82, 2.24) is 5.32 Å². The third-order valence-electron chi connectivity index (χ3n) is 4.25. The summed E-state index contributed by atoms with van der Waals surface area (Å²) in [6, 6.07) is 8.07. The van der Waals surface area contributed by atoms with Crippen LogP contribution < -0.4 is 10.6 Å². The van der Waals surface area contributed by atoms with E-state index >= 15 is 0 Å². The van der Waals surface area contributed by atoms with Crippen molar-refractivity contribution in [3.63, 3.8) is 0 Å². The quantitative estimate of drug-likeness (QED) is 0.825. The molecule has 2 atom stereocenters. The molecule has 19 heavy (non-hydrogen) atoms. The summed E-state index contributed by atoms with van der Waals surface area (Å²) in [5, 5.41) is 6.33. The highest BCUT2D eigenvalue weighted by Gasteiger charge is 2.52. The van der Waals surface area contributed by atoms with E-state index in [2.05, 4.69) is 37.5 Å². The van der Waals surface area contributed by atoms with Gasteiger partial charge < -0.3 is 10.6 Å². The van der Waals surface area contributed by atoms with Crippen LogP contribution in [0.25, 0.3) is 0 Å². The van der Waals surface area contributed by atoms with Crippen LogP contribution in [0.4, 0.5) is 5.69 Å². The van der Waals surface area contributed by atoms with Crippen molar-refractivity contribution >= 4 is 11.6 Å². The molecule has 2 N–H and O–H groups in total. The van der Waals surface area contributed by atoms with Gasteiger partial charge in [-0.15, -0.1) is 0 Å². The lowest BCUT2D eigenvalue weighted by atomic mass is 10.0. The molecule has 0 aromatic heterocycles. The van der Waals surface area contributed by atoms with E-state index in [-0.39, 0.29) is 17.2 Å². The molecule has 2 unspecified atom stereocenters. The summed E-state index contributed by atoms with van der Waals surface area (Å²) in [6.07, 6.45) is 2.10. The van der Waals surface area contributed by atoms with Gasteiger partial charge in [0.2, 0.25) is 5.91 Å². The van der Waals surface area contributed by atoms with Gasteiger partial charge >= 0.3 is 0 Å². The van der Waals surface area contributed by atoms with Gasteiger partial charge in [-0.2, -0.15) is 0 Å². The van der Waals surface area contributed by atoms with Crippen molar-refractivity contribution < 1.29 is 4.79 Å². The number of hydrogen-bond acceptors (Lipinski definition) is 2. The first-order valence-corrected chi connectivity index (χ1v) is 7.19. The molecule has 3 nitrogen and oxygen atoms in total. The number of anilines is 1. The molecular weight excluding hydrogens is 236 g/mol. The van der Waals surface area contributed by atoms with E-state index in [1.165, 1.54) is 5.56 Å². The van der Waals surface area contributed by atoms with Gasteiger partial charge in [-0.3, -0.25) is 4.79 Å². The molecule has 1 aliphatic rings. The van der Waals surface area contributed by atoms with Gasteiger partial charge in [-0.25, -0.2) is 0 Å². The summed E-state index contributed by atoms with van der Waals surface area (Å²) < 4.78 is 0. The van der Waals surface area contributed by atoms with E-state index in [0.29, 0.717) is 0 Å². The highest BCUT2D eigenvalue weighted by molar-refractivity contribution is 5.95. The van der Waals surface area contributed by atoms with E-state index in [1.807, 2.05) is 18.2 Å². The zero-order valence-corrected chi connectivity index (χ0v) is 12.1. The van der Waals surface area contributed by atoms with E-state index in [9.17, 15) is 4.79 Å². The van der Waals surface area contributed by atoms with Crippen molar-refractivity contribution in [3.8, 4) is 0 Å². The number of benzene rings is 1. The zero-order chi connectivity index (χ0) is 13.9. The minimum atomic E-state index is 0.171. The summed E-state index contributed by atoms with van der Waals surface area (Å²) in [5.74, 6) is 0.361. The minimum Gasteiger partial charge on any atom is -0.326 e. The van der Waals surface area contributed by atoms with Crippen LogP contribution in [-0.4, -0.2) is 12.5 Å². The summed E-state index contributed by atoms with van der Waals surface area (Å²) in [4.78, 5) is 12.1. The van der Waals surface area contributed by atoms with Crippen LogP contribution in [0.2, 0.25) is 0 Å². The molecule has 1 aromatic carbocycles. The molecule has 1 fully saturated rings. The number of amides is 1. The third kappa shape index (κ3) is 3.35. The lowest BCUT2D eigenvalue weighted by molar-refractivity contribution is -0.118. The summed E-state index contributed by atoms with van der Waals surface area (Å²) in [7, 11) is 0. The van der Waals surface area contributed by atoms with Crippen molar-refractivity contribution in [2.45, 2.75) is 40.2 Å². The number of carbonyl (C=O) groups excluding carboxylic acids is 1. The molecule has 3 heteroatoms. The summed E-state index contributed by atoms with van der Waals surface area (Å²) in [6.45, 7) is 8.23. The molecule has 0 saturated heterocycles. The Balaban J connectivity index is 1.94. The van der Waals surface area contributed by atoms with E-state index < -0.39 is 0 Å². The van der Waals surface area contributed by atoms with Gasteiger partial charge in [0, 0.05) is 18.2 Å². The Morgan fingerprint density at radius 3 is 2.84 bits per heavy atom. The van der Waals surface area contributed by atoms with Gasteiger partial charge in [0.1, 0.15) is 0 Å². The second kappa shape index (κ2) is 5.74. The Morgan fingerprint density at radius 1 is 1.42 bits per heavy atom. The molecule has 0 radical (unpaired) electrons. The lowest BCUT2D eigenvalue weighted by Crippen LogP contribution is -2.17. The van der Waals surface area contributed by atoms with Gasteiger partial charge in [-0.1, -0.05) is 32.9 Å². The second-order valence-electron chi connectivity index (χ2n) is 5.73. The lowest BCUT2D eigenvalue weighted by Gasteiger charge is -2.10. The third-order valence-corrected chi connectivity index (χ3v) is 4.25. The number of nitrogens with one attached hydrogen (secondary N) is 2. The van der Waals surface area contributed by atoms with Crippen LogP contribution >= 0.6 is 0 Å². The maximum Gasteiger partial charge on any atom is 0.228 e. The number of carbonyl (C=O) groups is 1. The fourth-order valence-electron chi connectivity index (χ4n) is 2.47. The van der Waals surface area contributed by atoms with Crippen molar-refractivity contribution in [1.29, 1.82) is 0 Å². The molecule has 0 heterocycles. The smallest absolute Gasteiger partial charge is 0.228 e. The fourth-order valence-corrected chi connectivity index (χ4v) is 2.47. The van der Waals surface area contributed by atoms with Gasteiger partial charge in [0.25, 0.3) is 0 Å². The topological polar surface area (TPSA) is 41.1 Å². The molecule has 0 bridgehead atoms. The first-order valence-electron chi connectivity index (χ1n) is 7.19. The molecule has 104 valence electrons. The zero-order valence-electron chi connectivity index (χ0n) is 12.1. The standard InChI is InChI=1S/C16H24N2O/c1-4-16(3)10-14(16)15(19)18-13-8-6-7-12(9-13)11-17-5-2/h6-9,14,17H,4-5,10-11H2,1-3H3,(H,18,19). The van der Waals surface area contributed by atoms with E-state index in [0.717, 1.165) is 31.6 Å². The van der Waals surface area contributed by atoms with Crippen molar-refractivity contribution in [2.75, 3.05) is 11.9 Å². The molecule has 0 spiro atoms. The average molecular weight is 260 g/mol. The Hall–Kier alpha value is -1.35. The molecule has 1 saturated carbocycles. The first kappa shape index (κ1) is 14.1. The molecule has 1 aliphatic carbocycles. The number of rotatable bonds is 6. The highest BCUT2D eigenvalue weighted by Crippen LogP contribution is 2.55. The van der Waals surface area contributed by atoms with Gasteiger partial charge in [0.15, 0.2) is 0 Å². The van der Waals surface area contributed by atoms with Crippen LogP contribution in [0, 0.1) is 11.3 Å². The maximum absolute atomic E-state index is 12.1. The Labute approximate surface area is 115 Å². The van der Waals surface area contributed by atoms with Crippen LogP contribution in [0.5, 0.6) is 0 Å². The predicted molar refractivity (Wildman–Crippen MR) is 79.0 cm³/mol.